The second kappa shape index (κ2) is 14.0. The number of anilines is 1. The first-order valence-corrected chi connectivity index (χ1v) is 11.7. The molecule has 0 fully saturated rings. The van der Waals surface area contributed by atoms with Crippen molar-refractivity contribution in [2.24, 2.45) is 16.5 Å². The van der Waals surface area contributed by atoms with Gasteiger partial charge >= 0.3 is 6.09 Å². The Labute approximate surface area is 212 Å². The molecule has 0 aliphatic carbocycles. The van der Waals surface area contributed by atoms with Crippen LogP contribution in [0.15, 0.2) is 59.6 Å². The maximum atomic E-state index is 12.8. The van der Waals surface area contributed by atoms with Gasteiger partial charge in [0.2, 0.25) is 11.8 Å². The molecule has 0 aliphatic heterocycles. The van der Waals surface area contributed by atoms with Crippen LogP contribution in [0, 0.1) is 3.57 Å². The van der Waals surface area contributed by atoms with Crippen molar-refractivity contribution in [2.75, 3.05) is 11.9 Å². The topological polar surface area (TPSA) is 161 Å². The predicted octanol–water partition coefficient (Wildman–Crippen LogP) is 2.08. The normalized spacial score (nSPS) is 12.1. The molecule has 0 aromatic heterocycles. The van der Waals surface area contributed by atoms with Gasteiger partial charge in [0, 0.05) is 15.8 Å². The first-order chi connectivity index (χ1) is 16.2. The lowest BCUT2D eigenvalue weighted by Gasteiger charge is -2.21. The molecule has 182 valence electrons. The number of benzene rings is 2. The van der Waals surface area contributed by atoms with Crippen molar-refractivity contribution < 1.29 is 19.1 Å². The minimum Gasteiger partial charge on any atom is -0.445 e. The number of guanidine groups is 1. The lowest BCUT2D eigenvalue weighted by Crippen LogP contribution is -2.51. The van der Waals surface area contributed by atoms with Crippen LogP contribution in [0.4, 0.5) is 10.5 Å². The lowest BCUT2D eigenvalue weighted by molar-refractivity contribution is -0.127. The Kier molecular flexibility index (Phi) is 11.1. The second-order valence-electron chi connectivity index (χ2n) is 7.43. The van der Waals surface area contributed by atoms with Gasteiger partial charge in [-0.3, -0.25) is 14.6 Å². The van der Waals surface area contributed by atoms with E-state index in [9.17, 15) is 14.4 Å². The molecular formula is C23H29IN6O4. The largest absolute Gasteiger partial charge is 0.445 e. The van der Waals surface area contributed by atoms with Gasteiger partial charge in [0.25, 0.3) is 0 Å². The predicted molar refractivity (Wildman–Crippen MR) is 139 cm³/mol. The molecule has 2 rings (SSSR count). The molecule has 0 heterocycles. The van der Waals surface area contributed by atoms with Gasteiger partial charge in [-0.2, -0.15) is 0 Å². The molecule has 10 nitrogen and oxygen atoms in total. The van der Waals surface area contributed by atoms with E-state index < -0.39 is 30.0 Å². The number of ether oxygens (including phenoxy) is 1. The molecule has 2 atom stereocenters. The molecule has 0 bridgehead atoms. The zero-order chi connectivity index (χ0) is 24.9. The highest BCUT2D eigenvalue weighted by molar-refractivity contribution is 14.1. The highest BCUT2D eigenvalue weighted by Crippen LogP contribution is 2.12. The number of rotatable bonds is 11. The number of amides is 3. The van der Waals surface area contributed by atoms with E-state index in [-0.39, 0.29) is 12.6 Å². The summed E-state index contributed by atoms with van der Waals surface area (Å²) in [7, 11) is 0. The summed E-state index contributed by atoms with van der Waals surface area (Å²) in [4.78, 5) is 41.5. The van der Waals surface area contributed by atoms with Gasteiger partial charge in [0.1, 0.15) is 18.7 Å². The lowest BCUT2D eigenvalue weighted by atomic mass is 10.1. The Balaban J connectivity index is 1.93. The summed E-state index contributed by atoms with van der Waals surface area (Å²) in [5.74, 6) is -0.963. The third-order valence-corrected chi connectivity index (χ3v) is 5.35. The van der Waals surface area contributed by atoms with E-state index in [0.717, 1.165) is 9.13 Å². The smallest absolute Gasteiger partial charge is 0.408 e. The number of hydrogen-bond acceptors (Lipinski definition) is 5. The third kappa shape index (κ3) is 10.1. The van der Waals surface area contributed by atoms with Crippen LogP contribution in [-0.4, -0.2) is 42.5 Å². The minimum atomic E-state index is -0.922. The van der Waals surface area contributed by atoms with Gasteiger partial charge in [-0.25, -0.2) is 4.79 Å². The van der Waals surface area contributed by atoms with Crippen molar-refractivity contribution in [3.05, 3.63) is 63.7 Å². The average Bonchev–Trinajstić information content (AvgIpc) is 2.81. The molecule has 0 aliphatic rings. The first kappa shape index (κ1) is 26.9. The summed E-state index contributed by atoms with van der Waals surface area (Å²) in [6.07, 6.45) is 0.0208. The Bertz CT molecular complexity index is 981. The molecule has 2 aromatic carbocycles. The van der Waals surface area contributed by atoms with Gasteiger partial charge in [0.15, 0.2) is 5.96 Å². The fourth-order valence-electron chi connectivity index (χ4n) is 2.84. The van der Waals surface area contributed by atoms with E-state index >= 15 is 0 Å². The summed E-state index contributed by atoms with van der Waals surface area (Å²) >= 11 is 2.17. The molecule has 34 heavy (non-hydrogen) atoms. The number of hydrogen-bond donors (Lipinski definition) is 5. The first-order valence-electron chi connectivity index (χ1n) is 10.6. The summed E-state index contributed by atoms with van der Waals surface area (Å²) in [6, 6.07) is 14.6. The van der Waals surface area contributed by atoms with Crippen LogP contribution >= 0.6 is 22.6 Å². The molecule has 7 N–H and O–H groups in total. The summed E-state index contributed by atoms with van der Waals surface area (Å²) < 4.78 is 6.17. The third-order valence-electron chi connectivity index (χ3n) is 4.63. The van der Waals surface area contributed by atoms with Crippen molar-refractivity contribution in [3.63, 3.8) is 0 Å². The van der Waals surface area contributed by atoms with Crippen molar-refractivity contribution in [1.82, 2.24) is 10.6 Å². The maximum absolute atomic E-state index is 12.8. The average molecular weight is 580 g/mol. The molecule has 11 heteroatoms. The Morgan fingerprint density at radius 2 is 1.68 bits per heavy atom. The van der Waals surface area contributed by atoms with E-state index in [4.69, 9.17) is 16.2 Å². The summed E-state index contributed by atoms with van der Waals surface area (Å²) in [5.41, 5.74) is 12.1. The monoisotopic (exact) mass is 580 g/mol. The van der Waals surface area contributed by atoms with Gasteiger partial charge in [-0.15, -0.1) is 0 Å². The van der Waals surface area contributed by atoms with Crippen LogP contribution in [0.5, 0.6) is 0 Å². The van der Waals surface area contributed by atoms with E-state index in [2.05, 4.69) is 43.5 Å². The molecular weight excluding hydrogens is 551 g/mol. The van der Waals surface area contributed by atoms with Crippen LogP contribution < -0.4 is 27.4 Å². The van der Waals surface area contributed by atoms with Gasteiger partial charge in [-0.1, -0.05) is 30.3 Å². The Morgan fingerprint density at radius 3 is 2.32 bits per heavy atom. The van der Waals surface area contributed by atoms with Crippen LogP contribution in [0.2, 0.25) is 0 Å². The van der Waals surface area contributed by atoms with E-state index in [1.165, 1.54) is 6.92 Å². The number of nitrogens with two attached hydrogens (primary N) is 2. The maximum Gasteiger partial charge on any atom is 0.408 e. The fourth-order valence-corrected chi connectivity index (χ4v) is 3.20. The molecule has 1 unspecified atom stereocenters. The SMILES string of the molecule is CC(NC(=O)OCc1ccccc1)C(=O)N[C@@H](CCCN=C(N)N)C(=O)Nc1ccc(I)cc1. The highest BCUT2D eigenvalue weighted by atomic mass is 127. The molecule has 2 aromatic rings. The van der Waals surface area contributed by atoms with Crippen LogP contribution in [0.3, 0.4) is 0 Å². The van der Waals surface area contributed by atoms with Gasteiger partial charge in [-0.05, 0) is 72.2 Å². The number of alkyl carbamates (subject to hydrolysis) is 1. The fraction of sp³-hybridized carbons (Fsp3) is 0.304. The van der Waals surface area contributed by atoms with Crippen LogP contribution in [0.1, 0.15) is 25.3 Å². The molecule has 0 radical (unpaired) electrons. The number of halogens is 1. The van der Waals surface area contributed by atoms with Crippen LogP contribution in [-0.2, 0) is 20.9 Å². The molecule has 0 spiro atoms. The number of nitrogens with one attached hydrogen (secondary N) is 3. The highest BCUT2D eigenvalue weighted by Gasteiger charge is 2.24. The zero-order valence-electron chi connectivity index (χ0n) is 18.8. The van der Waals surface area contributed by atoms with Crippen LogP contribution in [0.25, 0.3) is 0 Å². The van der Waals surface area contributed by atoms with Crippen molar-refractivity contribution >= 4 is 52.1 Å². The number of carbonyl (C=O) groups is 3. The number of aliphatic imine (C=N–C) groups is 1. The van der Waals surface area contributed by atoms with Crippen molar-refractivity contribution in [1.29, 1.82) is 0 Å². The molecule has 0 saturated heterocycles. The Morgan fingerprint density at radius 1 is 1.00 bits per heavy atom. The number of carbonyl (C=O) groups excluding carboxylic acids is 3. The zero-order valence-corrected chi connectivity index (χ0v) is 20.9. The van der Waals surface area contributed by atoms with Crippen molar-refractivity contribution in [2.45, 2.75) is 38.5 Å². The van der Waals surface area contributed by atoms with Gasteiger partial charge < -0.3 is 32.2 Å². The second-order valence-corrected chi connectivity index (χ2v) is 8.68. The van der Waals surface area contributed by atoms with E-state index in [1.807, 2.05) is 42.5 Å². The Hall–Kier alpha value is -3.35. The summed E-state index contributed by atoms with van der Waals surface area (Å²) in [6.45, 7) is 1.89. The summed E-state index contributed by atoms with van der Waals surface area (Å²) in [5, 5.41) is 7.94. The quantitative estimate of drug-likeness (QED) is 0.118. The minimum absolute atomic E-state index is 0.0456. The molecule has 0 saturated carbocycles. The van der Waals surface area contributed by atoms with Gasteiger partial charge in [0.05, 0.1) is 0 Å². The number of nitrogens with zero attached hydrogens (tertiary/aromatic N) is 1. The molecule has 3 amide bonds. The van der Waals surface area contributed by atoms with E-state index in [0.29, 0.717) is 25.1 Å². The standard InChI is InChI=1S/C23H29IN6O4/c1-15(28-23(33)34-14-16-6-3-2-4-7-16)20(31)30-19(8-5-13-27-22(25)26)21(32)29-18-11-9-17(24)10-12-18/h2-4,6-7,9-12,15,19H,5,8,13-14H2,1H3,(H,28,33)(H,29,32)(H,30,31)(H4,25,26,27)/t15?,19-/m0/s1. The van der Waals surface area contributed by atoms with Crippen molar-refractivity contribution in [3.8, 4) is 0 Å². The van der Waals surface area contributed by atoms with E-state index in [1.54, 1.807) is 12.1 Å².